The molecule has 18 heavy (non-hydrogen) atoms. The lowest BCUT2D eigenvalue weighted by atomic mass is 10.3. The minimum Gasteiger partial charge on any atom is -0.476 e. The Kier molecular flexibility index (Phi) is 4.96. The highest BCUT2D eigenvalue weighted by molar-refractivity contribution is 5.17. The van der Waals surface area contributed by atoms with Gasteiger partial charge in [-0.2, -0.15) is 0 Å². The van der Waals surface area contributed by atoms with E-state index in [9.17, 15) is 0 Å². The van der Waals surface area contributed by atoms with Gasteiger partial charge in [0.15, 0.2) is 0 Å². The molecule has 0 spiro atoms. The third kappa shape index (κ3) is 4.27. The zero-order chi connectivity index (χ0) is 12.8. The molecule has 0 saturated heterocycles. The van der Waals surface area contributed by atoms with Crippen LogP contribution >= 0.6 is 0 Å². The van der Waals surface area contributed by atoms with Crippen LogP contribution in [0.1, 0.15) is 25.3 Å². The molecule has 0 aromatic carbocycles. The number of aromatic nitrogens is 1. The average Bonchev–Trinajstić information content (AvgIpc) is 3.22. The summed E-state index contributed by atoms with van der Waals surface area (Å²) in [7, 11) is 2.16. The number of pyridine rings is 1. The molecule has 0 aliphatic heterocycles. The van der Waals surface area contributed by atoms with Crippen molar-refractivity contribution in [3.63, 3.8) is 0 Å². The van der Waals surface area contributed by atoms with Crippen molar-refractivity contribution in [2.45, 2.75) is 32.4 Å². The third-order valence-corrected chi connectivity index (χ3v) is 3.24. The summed E-state index contributed by atoms with van der Waals surface area (Å²) in [5.74, 6) is 0.722. The van der Waals surface area contributed by atoms with Crippen molar-refractivity contribution in [2.24, 2.45) is 0 Å². The second-order valence-corrected chi connectivity index (χ2v) is 4.85. The van der Waals surface area contributed by atoms with Gasteiger partial charge in [0.2, 0.25) is 5.88 Å². The first-order valence-electron chi connectivity index (χ1n) is 6.78. The number of rotatable bonds is 8. The molecule has 4 nitrogen and oxygen atoms in total. The van der Waals surface area contributed by atoms with Crippen LogP contribution in [0.2, 0.25) is 0 Å². The van der Waals surface area contributed by atoms with Gasteiger partial charge in [-0.25, -0.2) is 4.98 Å². The van der Waals surface area contributed by atoms with Crippen LogP contribution in [0.5, 0.6) is 5.88 Å². The number of ether oxygens (including phenoxy) is 1. The fourth-order valence-electron chi connectivity index (χ4n) is 1.86. The van der Waals surface area contributed by atoms with E-state index in [2.05, 4.69) is 35.2 Å². The normalized spacial score (nSPS) is 15.1. The molecule has 0 atom stereocenters. The van der Waals surface area contributed by atoms with Crippen molar-refractivity contribution >= 4 is 0 Å². The maximum absolute atomic E-state index is 5.64. The summed E-state index contributed by atoms with van der Waals surface area (Å²) in [6, 6.07) is 4.81. The molecule has 1 aliphatic rings. The highest BCUT2D eigenvalue weighted by Gasteiger charge is 2.25. The van der Waals surface area contributed by atoms with E-state index >= 15 is 0 Å². The van der Waals surface area contributed by atoms with Crippen molar-refractivity contribution in [3.8, 4) is 5.88 Å². The van der Waals surface area contributed by atoms with Gasteiger partial charge in [-0.05, 0) is 32.0 Å². The van der Waals surface area contributed by atoms with Crippen molar-refractivity contribution in [3.05, 3.63) is 23.9 Å². The Labute approximate surface area is 109 Å². The van der Waals surface area contributed by atoms with Gasteiger partial charge in [-0.3, -0.25) is 0 Å². The molecule has 0 unspecified atom stereocenters. The number of likely N-dealkylation sites (N-methyl/N-ethyl adjacent to an activating group) is 1. The lowest BCUT2D eigenvalue weighted by molar-refractivity contribution is 0.226. The maximum atomic E-state index is 5.64. The summed E-state index contributed by atoms with van der Waals surface area (Å²) in [5.41, 5.74) is 1.19. The van der Waals surface area contributed by atoms with Crippen LogP contribution in [0.15, 0.2) is 18.3 Å². The van der Waals surface area contributed by atoms with Gasteiger partial charge >= 0.3 is 0 Å². The number of nitrogens with zero attached hydrogens (tertiary/aromatic N) is 2. The number of nitrogens with one attached hydrogen (secondary N) is 1. The van der Waals surface area contributed by atoms with Crippen LogP contribution in [0.25, 0.3) is 0 Å². The Balaban J connectivity index is 1.68. The smallest absolute Gasteiger partial charge is 0.213 e. The Bertz CT molecular complexity index is 349. The monoisotopic (exact) mass is 249 g/mol. The molecule has 0 amide bonds. The molecule has 1 aromatic heterocycles. The summed E-state index contributed by atoms with van der Waals surface area (Å²) >= 11 is 0. The van der Waals surface area contributed by atoms with E-state index in [4.69, 9.17) is 4.74 Å². The molecule has 2 rings (SSSR count). The number of hydrogen-bond acceptors (Lipinski definition) is 4. The molecule has 0 radical (unpaired) electrons. The highest BCUT2D eigenvalue weighted by Crippen LogP contribution is 2.24. The molecule has 1 heterocycles. The first kappa shape index (κ1) is 13.3. The minimum atomic E-state index is 0.715. The zero-order valence-corrected chi connectivity index (χ0v) is 11.4. The van der Waals surface area contributed by atoms with Gasteiger partial charge < -0.3 is 15.0 Å². The van der Waals surface area contributed by atoms with E-state index in [1.165, 1.54) is 18.4 Å². The van der Waals surface area contributed by atoms with Gasteiger partial charge in [0.25, 0.3) is 0 Å². The molecule has 100 valence electrons. The van der Waals surface area contributed by atoms with Crippen LogP contribution < -0.4 is 10.1 Å². The van der Waals surface area contributed by atoms with Crippen molar-refractivity contribution in [2.75, 3.05) is 26.7 Å². The lowest BCUT2D eigenvalue weighted by Crippen LogP contribution is -2.26. The SMILES string of the molecule is CCNCc1ccc(OCCN(C)C2CC2)nc1. The van der Waals surface area contributed by atoms with E-state index in [1.807, 2.05) is 12.3 Å². The van der Waals surface area contributed by atoms with Crippen molar-refractivity contribution < 1.29 is 4.74 Å². The first-order valence-corrected chi connectivity index (χ1v) is 6.78. The Morgan fingerprint density at radius 1 is 1.44 bits per heavy atom. The van der Waals surface area contributed by atoms with E-state index in [0.717, 1.165) is 31.6 Å². The first-order chi connectivity index (χ1) is 8.79. The largest absolute Gasteiger partial charge is 0.476 e. The van der Waals surface area contributed by atoms with Gasteiger partial charge in [-0.15, -0.1) is 0 Å². The molecular formula is C14H23N3O. The molecule has 0 bridgehead atoms. The fraction of sp³-hybridized carbons (Fsp3) is 0.643. The van der Waals surface area contributed by atoms with Crippen LogP contribution in [0, 0.1) is 0 Å². The zero-order valence-electron chi connectivity index (χ0n) is 11.4. The minimum absolute atomic E-state index is 0.715. The van der Waals surface area contributed by atoms with Gasteiger partial charge in [0.05, 0.1) is 0 Å². The average molecular weight is 249 g/mol. The summed E-state index contributed by atoms with van der Waals surface area (Å²) in [6.07, 6.45) is 4.56. The van der Waals surface area contributed by atoms with E-state index in [1.54, 1.807) is 0 Å². The summed E-state index contributed by atoms with van der Waals surface area (Å²) in [5, 5.41) is 3.27. The summed E-state index contributed by atoms with van der Waals surface area (Å²) < 4.78 is 5.64. The standard InChI is InChI=1S/C14H23N3O/c1-3-15-10-12-4-7-14(16-11-12)18-9-8-17(2)13-5-6-13/h4,7,11,13,15H,3,5-6,8-10H2,1-2H3. The van der Waals surface area contributed by atoms with Crippen LogP contribution in [-0.4, -0.2) is 42.7 Å². The predicted molar refractivity (Wildman–Crippen MR) is 72.8 cm³/mol. The maximum Gasteiger partial charge on any atom is 0.213 e. The van der Waals surface area contributed by atoms with Gasteiger partial charge in [-0.1, -0.05) is 13.0 Å². The predicted octanol–water partition coefficient (Wildman–Crippen LogP) is 1.66. The summed E-state index contributed by atoms with van der Waals surface area (Å²) in [4.78, 5) is 6.67. The van der Waals surface area contributed by atoms with Gasteiger partial charge in [0.1, 0.15) is 6.61 Å². The molecule has 1 aliphatic carbocycles. The van der Waals surface area contributed by atoms with E-state index < -0.39 is 0 Å². The Hall–Kier alpha value is -1.13. The van der Waals surface area contributed by atoms with Crippen molar-refractivity contribution in [1.29, 1.82) is 0 Å². The van der Waals surface area contributed by atoms with Gasteiger partial charge in [0, 0.05) is 31.4 Å². The second kappa shape index (κ2) is 6.71. The lowest BCUT2D eigenvalue weighted by Gasteiger charge is -2.15. The fourth-order valence-corrected chi connectivity index (χ4v) is 1.86. The molecule has 1 fully saturated rings. The molecular weight excluding hydrogens is 226 g/mol. The van der Waals surface area contributed by atoms with Crippen LogP contribution in [0.4, 0.5) is 0 Å². The van der Waals surface area contributed by atoms with E-state index in [-0.39, 0.29) is 0 Å². The van der Waals surface area contributed by atoms with Crippen molar-refractivity contribution in [1.82, 2.24) is 15.2 Å². The number of hydrogen-bond donors (Lipinski definition) is 1. The second-order valence-electron chi connectivity index (χ2n) is 4.85. The summed E-state index contributed by atoms with van der Waals surface area (Å²) in [6.45, 7) is 5.64. The molecule has 4 heteroatoms. The third-order valence-electron chi connectivity index (χ3n) is 3.24. The Morgan fingerprint density at radius 3 is 2.89 bits per heavy atom. The quantitative estimate of drug-likeness (QED) is 0.760. The molecule has 1 N–H and O–H groups in total. The topological polar surface area (TPSA) is 37.4 Å². The molecule has 1 aromatic rings. The Morgan fingerprint density at radius 2 is 2.28 bits per heavy atom. The molecule has 1 saturated carbocycles. The van der Waals surface area contributed by atoms with E-state index in [0.29, 0.717) is 6.61 Å². The highest BCUT2D eigenvalue weighted by atomic mass is 16.5. The van der Waals surface area contributed by atoms with Crippen LogP contribution in [0.3, 0.4) is 0 Å². The van der Waals surface area contributed by atoms with Crippen LogP contribution in [-0.2, 0) is 6.54 Å².